The van der Waals surface area contributed by atoms with Gasteiger partial charge in [0.05, 0.1) is 5.60 Å². The van der Waals surface area contributed by atoms with Gasteiger partial charge in [-0.15, -0.1) is 0 Å². The lowest BCUT2D eigenvalue weighted by molar-refractivity contribution is -0.0276. The Balaban J connectivity index is 2.05. The van der Waals surface area contributed by atoms with Gasteiger partial charge in [0.15, 0.2) is 0 Å². The smallest absolute Gasteiger partial charge is 0.126 e. The molecule has 4 heteroatoms. The zero-order chi connectivity index (χ0) is 14.0. The molecule has 1 aromatic carbocycles. The van der Waals surface area contributed by atoms with Gasteiger partial charge in [-0.1, -0.05) is 0 Å². The highest BCUT2D eigenvalue weighted by Crippen LogP contribution is 2.28. The molecule has 0 saturated carbocycles. The number of nitrogens with zero attached hydrogens (tertiary/aromatic N) is 1. The predicted molar refractivity (Wildman–Crippen MR) is 71.0 cm³/mol. The molecule has 0 aromatic heterocycles. The highest BCUT2D eigenvalue weighted by atomic mass is 19.1. The maximum absolute atomic E-state index is 13.6. The summed E-state index contributed by atoms with van der Waals surface area (Å²) in [4.78, 5) is 2.29. The van der Waals surface area contributed by atoms with Gasteiger partial charge < -0.3 is 10.0 Å². The topological polar surface area (TPSA) is 23.5 Å². The first-order valence-electron chi connectivity index (χ1n) is 6.80. The summed E-state index contributed by atoms with van der Waals surface area (Å²) in [5.74, 6) is -0.902. The van der Waals surface area contributed by atoms with Gasteiger partial charge in [0.2, 0.25) is 0 Å². The van der Waals surface area contributed by atoms with Gasteiger partial charge in [-0.05, 0) is 50.5 Å². The molecule has 1 aliphatic heterocycles. The Hall–Kier alpha value is -1.00. The molecule has 1 fully saturated rings. The number of aliphatic hydroxyl groups is 1. The molecule has 0 unspecified atom stereocenters. The van der Waals surface area contributed by atoms with Crippen LogP contribution in [0.1, 0.15) is 32.3 Å². The number of hydrogen-bond donors (Lipinski definition) is 1. The van der Waals surface area contributed by atoms with Gasteiger partial charge in [-0.2, -0.15) is 0 Å². The molecule has 0 spiro atoms. The largest absolute Gasteiger partial charge is 0.389 e. The van der Waals surface area contributed by atoms with Gasteiger partial charge in [-0.3, -0.25) is 0 Å². The van der Waals surface area contributed by atoms with Crippen molar-refractivity contribution in [2.75, 3.05) is 13.1 Å². The Kier molecular flexibility index (Phi) is 4.21. The molecule has 0 atom stereocenters. The van der Waals surface area contributed by atoms with Gasteiger partial charge in [0.1, 0.15) is 11.6 Å². The van der Waals surface area contributed by atoms with E-state index in [1.54, 1.807) is 0 Å². The van der Waals surface area contributed by atoms with Crippen LogP contribution in [0, 0.1) is 11.6 Å². The molecule has 2 rings (SSSR count). The SMILES string of the molecule is CC(C)N1CCC(O)(Cc2cc(F)ccc2F)CC1. The van der Waals surface area contributed by atoms with Gasteiger partial charge >= 0.3 is 0 Å². The fourth-order valence-corrected chi connectivity index (χ4v) is 2.67. The Morgan fingerprint density at radius 1 is 1.26 bits per heavy atom. The Labute approximate surface area is 113 Å². The van der Waals surface area contributed by atoms with Crippen LogP contribution >= 0.6 is 0 Å². The molecule has 1 aliphatic rings. The summed E-state index contributed by atoms with van der Waals surface area (Å²) in [6, 6.07) is 3.86. The minimum absolute atomic E-state index is 0.183. The monoisotopic (exact) mass is 269 g/mol. The van der Waals surface area contributed by atoms with Crippen LogP contribution in [0.2, 0.25) is 0 Å². The van der Waals surface area contributed by atoms with E-state index in [1.165, 1.54) is 6.07 Å². The average Bonchev–Trinajstić information content (AvgIpc) is 2.34. The van der Waals surface area contributed by atoms with Crippen molar-refractivity contribution in [1.29, 1.82) is 0 Å². The third-order valence-corrected chi connectivity index (χ3v) is 3.99. The third kappa shape index (κ3) is 3.51. The molecular weight excluding hydrogens is 248 g/mol. The number of hydrogen-bond acceptors (Lipinski definition) is 2. The second kappa shape index (κ2) is 5.55. The maximum Gasteiger partial charge on any atom is 0.126 e. The first-order chi connectivity index (χ1) is 8.89. The molecule has 1 N–H and O–H groups in total. The minimum Gasteiger partial charge on any atom is -0.389 e. The van der Waals surface area contributed by atoms with E-state index in [2.05, 4.69) is 18.7 Å². The molecule has 19 heavy (non-hydrogen) atoms. The van der Waals surface area contributed by atoms with Crippen molar-refractivity contribution in [3.63, 3.8) is 0 Å². The van der Waals surface area contributed by atoms with Crippen LogP contribution < -0.4 is 0 Å². The number of piperidine rings is 1. The first-order valence-corrected chi connectivity index (χ1v) is 6.80. The molecule has 2 nitrogen and oxygen atoms in total. The van der Waals surface area contributed by atoms with Crippen LogP contribution in [0.25, 0.3) is 0 Å². The lowest BCUT2D eigenvalue weighted by Crippen LogP contribution is -2.47. The maximum atomic E-state index is 13.6. The standard InChI is InChI=1S/C15H21F2NO/c1-11(2)18-7-5-15(19,6-8-18)10-12-9-13(16)3-4-14(12)17/h3-4,9,11,19H,5-8,10H2,1-2H3. The van der Waals surface area contributed by atoms with Gasteiger partial charge in [0, 0.05) is 25.6 Å². The summed E-state index contributed by atoms with van der Waals surface area (Å²) in [5.41, 5.74) is -0.652. The molecule has 0 amide bonds. The van der Waals surface area contributed by atoms with Crippen molar-refractivity contribution in [3.05, 3.63) is 35.4 Å². The van der Waals surface area contributed by atoms with Crippen molar-refractivity contribution in [2.45, 2.75) is 44.8 Å². The van der Waals surface area contributed by atoms with E-state index in [1.807, 2.05) is 0 Å². The predicted octanol–water partition coefficient (Wildman–Crippen LogP) is 2.74. The van der Waals surface area contributed by atoms with Gasteiger partial charge in [-0.25, -0.2) is 8.78 Å². The molecule has 1 heterocycles. The molecular formula is C15H21F2NO. The van der Waals surface area contributed by atoms with E-state index in [4.69, 9.17) is 0 Å². The van der Waals surface area contributed by atoms with Crippen molar-refractivity contribution < 1.29 is 13.9 Å². The highest BCUT2D eigenvalue weighted by molar-refractivity contribution is 5.21. The molecule has 1 aromatic rings. The molecule has 1 saturated heterocycles. The van der Waals surface area contributed by atoms with E-state index < -0.39 is 17.2 Å². The third-order valence-electron chi connectivity index (χ3n) is 3.99. The van der Waals surface area contributed by atoms with E-state index in [0.29, 0.717) is 18.9 Å². The second-order valence-corrected chi connectivity index (χ2v) is 5.77. The quantitative estimate of drug-likeness (QED) is 0.912. The van der Waals surface area contributed by atoms with Crippen molar-refractivity contribution in [3.8, 4) is 0 Å². The number of likely N-dealkylation sites (tertiary alicyclic amines) is 1. The van der Waals surface area contributed by atoms with E-state index in [0.717, 1.165) is 25.2 Å². The number of halogens is 2. The first kappa shape index (κ1) is 14.4. The highest BCUT2D eigenvalue weighted by Gasteiger charge is 2.33. The van der Waals surface area contributed by atoms with Crippen molar-refractivity contribution in [1.82, 2.24) is 4.90 Å². The number of rotatable bonds is 3. The average molecular weight is 269 g/mol. The Morgan fingerprint density at radius 2 is 1.89 bits per heavy atom. The minimum atomic E-state index is -0.917. The zero-order valence-corrected chi connectivity index (χ0v) is 11.5. The Morgan fingerprint density at radius 3 is 2.47 bits per heavy atom. The van der Waals surface area contributed by atoms with Crippen LogP contribution in [0.15, 0.2) is 18.2 Å². The van der Waals surface area contributed by atoms with Crippen LogP contribution in [-0.4, -0.2) is 34.7 Å². The normalized spacial score (nSPS) is 19.9. The second-order valence-electron chi connectivity index (χ2n) is 5.77. The lowest BCUT2D eigenvalue weighted by atomic mass is 9.85. The van der Waals surface area contributed by atoms with Crippen LogP contribution in [-0.2, 0) is 6.42 Å². The molecule has 0 radical (unpaired) electrons. The zero-order valence-electron chi connectivity index (χ0n) is 11.5. The Bertz CT molecular complexity index is 440. The van der Waals surface area contributed by atoms with E-state index in [9.17, 15) is 13.9 Å². The van der Waals surface area contributed by atoms with E-state index in [-0.39, 0.29) is 12.0 Å². The summed E-state index contributed by atoms with van der Waals surface area (Å²) in [6.45, 7) is 5.84. The van der Waals surface area contributed by atoms with E-state index >= 15 is 0 Å². The molecule has 0 bridgehead atoms. The lowest BCUT2D eigenvalue weighted by Gasteiger charge is -2.40. The van der Waals surface area contributed by atoms with Crippen LogP contribution in [0.5, 0.6) is 0 Å². The molecule has 106 valence electrons. The van der Waals surface area contributed by atoms with Crippen molar-refractivity contribution >= 4 is 0 Å². The van der Waals surface area contributed by atoms with Crippen LogP contribution in [0.4, 0.5) is 8.78 Å². The molecule has 0 aliphatic carbocycles. The summed E-state index contributed by atoms with van der Waals surface area (Å²) in [7, 11) is 0. The summed E-state index contributed by atoms with van der Waals surface area (Å²) >= 11 is 0. The summed E-state index contributed by atoms with van der Waals surface area (Å²) in [5, 5.41) is 10.5. The summed E-state index contributed by atoms with van der Waals surface area (Å²) in [6.07, 6.45) is 1.38. The van der Waals surface area contributed by atoms with Gasteiger partial charge in [0.25, 0.3) is 0 Å². The fraction of sp³-hybridized carbons (Fsp3) is 0.600. The van der Waals surface area contributed by atoms with Crippen molar-refractivity contribution in [2.24, 2.45) is 0 Å². The van der Waals surface area contributed by atoms with Crippen LogP contribution in [0.3, 0.4) is 0 Å². The number of benzene rings is 1. The fourth-order valence-electron chi connectivity index (χ4n) is 2.67. The summed E-state index contributed by atoms with van der Waals surface area (Å²) < 4.78 is 26.7.